The summed E-state index contributed by atoms with van der Waals surface area (Å²) >= 11 is 14.9. The zero-order chi connectivity index (χ0) is 12.7. The van der Waals surface area contributed by atoms with Gasteiger partial charge in [0, 0.05) is 15.0 Å². The molecule has 0 N–H and O–H groups in total. The molecule has 5 heteroatoms. The minimum atomic E-state index is -0.0121. The number of carbonyl (C=O) groups excluding carboxylic acids is 1. The smallest absolute Gasteiger partial charge is 0.203 e. The summed E-state index contributed by atoms with van der Waals surface area (Å²) < 4.78 is 2.28. The van der Waals surface area contributed by atoms with Crippen LogP contribution in [-0.2, 0) is 0 Å². The van der Waals surface area contributed by atoms with Crippen molar-refractivity contribution in [3.63, 3.8) is 0 Å². The van der Waals surface area contributed by atoms with Gasteiger partial charge in [0.05, 0.1) is 14.9 Å². The monoisotopic (exact) mass is 312 g/mol. The molecule has 0 fully saturated rings. The lowest BCUT2D eigenvalue weighted by atomic mass is 10.1. The van der Waals surface area contributed by atoms with E-state index < -0.39 is 0 Å². The van der Waals surface area contributed by atoms with Gasteiger partial charge in [-0.3, -0.25) is 4.79 Å². The number of rotatable bonds is 2. The largest absolute Gasteiger partial charge is 0.288 e. The third kappa shape index (κ3) is 2.08. The molecule has 0 aliphatic carbocycles. The van der Waals surface area contributed by atoms with Crippen LogP contribution in [-0.4, -0.2) is 5.78 Å². The lowest BCUT2D eigenvalue weighted by Gasteiger charge is -2.00. The van der Waals surface area contributed by atoms with Crippen molar-refractivity contribution in [1.82, 2.24) is 0 Å². The summed E-state index contributed by atoms with van der Waals surface area (Å²) in [5, 5.41) is 2.88. The van der Waals surface area contributed by atoms with Crippen molar-refractivity contribution in [1.29, 1.82) is 0 Å². The zero-order valence-electron chi connectivity index (χ0n) is 8.94. The van der Waals surface area contributed by atoms with Gasteiger partial charge < -0.3 is 0 Å². The number of hydrogen-bond acceptors (Lipinski definition) is 3. The Hall–Kier alpha value is -0.870. The molecule has 0 radical (unpaired) electrons. The number of fused-ring (bicyclic) bond motifs is 1. The van der Waals surface area contributed by atoms with Gasteiger partial charge in [-0.15, -0.1) is 22.7 Å². The molecule has 1 nitrogen and oxygen atoms in total. The highest BCUT2D eigenvalue weighted by molar-refractivity contribution is 7.28. The van der Waals surface area contributed by atoms with E-state index in [-0.39, 0.29) is 5.78 Å². The summed E-state index contributed by atoms with van der Waals surface area (Å²) in [5.74, 6) is -0.0121. The minimum absolute atomic E-state index is 0.0121. The quantitative estimate of drug-likeness (QED) is 0.571. The Morgan fingerprint density at radius 1 is 1.00 bits per heavy atom. The van der Waals surface area contributed by atoms with Crippen molar-refractivity contribution in [3.8, 4) is 0 Å². The Morgan fingerprint density at radius 2 is 1.83 bits per heavy atom. The topological polar surface area (TPSA) is 17.1 Å². The van der Waals surface area contributed by atoms with Gasteiger partial charge in [0.25, 0.3) is 0 Å². The van der Waals surface area contributed by atoms with E-state index in [1.54, 1.807) is 29.5 Å². The number of hydrogen-bond donors (Lipinski definition) is 0. The lowest BCUT2D eigenvalue weighted by molar-refractivity contribution is 0.104. The maximum Gasteiger partial charge on any atom is 0.203 e. The van der Waals surface area contributed by atoms with Gasteiger partial charge in [0.15, 0.2) is 0 Å². The lowest BCUT2D eigenvalue weighted by Crippen LogP contribution is -1.98. The first-order chi connectivity index (χ1) is 8.65. The highest BCUT2D eigenvalue weighted by Crippen LogP contribution is 2.32. The SMILES string of the molecule is O=C(c1ccc(Cl)c(Cl)c1)c1cc2sccc2s1. The molecule has 3 rings (SSSR count). The van der Waals surface area contributed by atoms with Crippen molar-refractivity contribution in [2.75, 3.05) is 0 Å². The van der Waals surface area contributed by atoms with Crippen molar-refractivity contribution in [2.24, 2.45) is 0 Å². The zero-order valence-corrected chi connectivity index (χ0v) is 12.1. The highest BCUT2D eigenvalue weighted by atomic mass is 35.5. The van der Waals surface area contributed by atoms with E-state index >= 15 is 0 Å². The normalized spacial score (nSPS) is 11.0. The average molecular weight is 313 g/mol. The molecule has 0 spiro atoms. The molecule has 0 aliphatic heterocycles. The molecule has 3 aromatic rings. The molecular formula is C13H6Cl2OS2. The molecule has 0 bridgehead atoms. The molecule has 90 valence electrons. The highest BCUT2D eigenvalue weighted by Gasteiger charge is 2.14. The van der Waals surface area contributed by atoms with Crippen molar-refractivity contribution < 1.29 is 4.79 Å². The summed E-state index contributed by atoms with van der Waals surface area (Å²) in [5.41, 5.74) is 0.568. The number of carbonyl (C=O) groups is 1. The summed E-state index contributed by atoms with van der Waals surface area (Å²) in [6.45, 7) is 0. The van der Waals surface area contributed by atoms with Crippen LogP contribution in [0.3, 0.4) is 0 Å². The summed E-state index contributed by atoms with van der Waals surface area (Å²) in [7, 11) is 0. The van der Waals surface area contributed by atoms with Crippen molar-refractivity contribution in [2.45, 2.75) is 0 Å². The van der Waals surface area contributed by atoms with Crippen LogP contribution < -0.4 is 0 Å². The number of halogens is 2. The van der Waals surface area contributed by atoms with Crippen LogP contribution >= 0.6 is 45.9 Å². The fraction of sp³-hybridized carbons (Fsp3) is 0. The summed E-state index contributed by atoms with van der Waals surface area (Å²) in [6, 6.07) is 8.91. The Kier molecular flexibility index (Phi) is 3.16. The van der Waals surface area contributed by atoms with Crippen LogP contribution in [0.4, 0.5) is 0 Å². The predicted octanol–water partition coefficient (Wildman–Crippen LogP) is 5.50. The maximum atomic E-state index is 12.3. The first-order valence-corrected chi connectivity index (χ1v) is 7.57. The van der Waals surface area contributed by atoms with Gasteiger partial charge in [0.1, 0.15) is 0 Å². The Morgan fingerprint density at radius 3 is 2.56 bits per heavy atom. The second kappa shape index (κ2) is 4.67. The number of ketones is 1. The molecule has 0 aliphatic rings. The number of thiophene rings is 2. The molecule has 2 heterocycles. The van der Waals surface area contributed by atoms with E-state index in [2.05, 4.69) is 0 Å². The van der Waals surface area contributed by atoms with Gasteiger partial charge in [-0.05, 0) is 35.7 Å². The van der Waals surface area contributed by atoms with Crippen LogP contribution in [0.2, 0.25) is 10.0 Å². The number of benzene rings is 1. The molecule has 1 aromatic carbocycles. The molecule has 0 unspecified atom stereocenters. The maximum absolute atomic E-state index is 12.3. The van der Waals surface area contributed by atoms with E-state index in [9.17, 15) is 4.79 Å². The molecule has 0 amide bonds. The van der Waals surface area contributed by atoms with E-state index in [0.29, 0.717) is 15.6 Å². The first-order valence-electron chi connectivity index (χ1n) is 5.12. The van der Waals surface area contributed by atoms with Crippen molar-refractivity contribution >= 4 is 61.1 Å². The molecular weight excluding hydrogens is 307 g/mol. The van der Waals surface area contributed by atoms with Crippen LogP contribution in [0.5, 0.6) is 0 Å². The fourth-order valence-corrected chi connectivity index (χ4v) is 4.03. The van der Waals surface area contributed by atoms with Gasteiger partial charge in [-0.25, -0.2) is 0 Å². The summed E-state index contributed by atoms with van der Waals surface area (Å²) in [6.07, 6.45) is 0. The summed E-state index contributed by atoms with van der Waals surface area (Å²) in [4.78, 5) is 13.0. The van der Waals surface area contributed by atoms with E-state index in [0.717, 1.165) is 14.3 Å². The van der Waals surface area contributed by atoms with Gasteiger partial charge >= 0.3 is 0 Å². The molecule has 0 saturated heterocycles. The van der Waals surface area contributed by atoms with Gasteiger partial charge in [0.2, 0.25) is 5.78 Å². The third-order valence-corrected chi connectivity index (χ3v) is 5.38. The molecule has 0 saturated carbocycles. The third-order valence-electron chi connectivity index (χ3n) is 2.54. The second-order valence-electron chi connectivity index (χ2n) is 3.72. The first kappa shape index (κ1) is 12.2. The van der Waals surface area contributed by atoms with E-state index in [1.165, 1.54) is 11.3 Å². The molecule has 0 atom stereocenters. The van der Waals surface area contributed by atoms with Crippen molar-refractivity contribution in [3.05, 3.63) is 56.2 Å². The Balaban J connectivity index is 2.03. The van der Waals surface area contributed by atoms with Gasteiger partial charge in [-0.1, -0.05) is 23.2 Å². The van der Waals surface area contributed by atoms with E-state index in [1.807, 2.05) is 17.5 Å². The van der Waals surface area contributed by atoms with Gasteiger partial charge in [-0.2, -0.15) is 0 Å². The molecule has 2 aromatic heterocycles. The standard InChI is InChI=1S/C13H6Cl2OS2/c14-8-2-1-7(5-9(8)15)13(16)12-6-11-10(18-12)3-4-17-11/h1-6H. The van der Waals surface area contributed by atoms with E-state index in [4.69, 9.17) is 23.2 Å². The minimum Gasteiger partial charge on any atom is -0.288 e. The van der Waals surface area contributed by atoms with Crippen LogP contribution in [0.1, 0.15) is 15.2 Å². The molecule has 18 heavy (non-hydrogen) atoms. The second-order valence-corrected chi connectivity index (χ2v) is 6.56. The van der Waals surface area contributed by atoms with Crippen LogP contribution in [0, 0.1) is 0 Å². The van der Waals surface area contributed by atoms with Crippen LogP contribution in [0.25, 0.3) is 9.40 Å². The Labute approximate surface area is 122 Å². The van der Waals surface area contributed by atoms with Crippen LogP contribution in [0.15, 0.2) is 35.7 Å². The average Bonchev–Trinajstić information content (AvgIpc) is 2.92. The Bertz CT molecular complexity index is 714. The predicted molar refractivity (Wildman–Crippen MR) is 79.6 cm³/mol. The fourth-order valence-electron chi connectivity index (χ4n) is 1.66.